The minimum atomic E-state index is -0.168. The molecule has 0 spiro atoms. The van der Waals surface area contributed by atoms with Gasteiger partial charge in [0, 0.05) is 17.6 Å². The quantitative estimate of drug-likeness (QED) is 0.890. The van der Waals surface area contributed by atoms with Crippen LogP contribution in [0.1, 0.15) is 5.56 Å². The lowest BCUT2D eigenvalue weighted by atomic mass is 9.92. The fraction of sp³-hybridized carbons (Fsp3) is 0.312. The number of halogens is 1. The van der Waals surface area contributed by atoms with Gasteiger partial charge < -0.3 is 9.64 Å². The number of nitrogens with one attached hydrogen (secondary N) is 1. The van der Waals surface area contributed by atoms with Gasteiger partial charge in [0.25, 0.3) is 0 Å². The summed E-state index contributed by atoms with van der Waals surface area (Å²) in [5.41, 5.74) is 1.27. The molecule has 2 heterocycles. The van der Waals surface area contributed by atoms with Crippen molar-refractivity contribution in [2.24, 2.45) is 5.92 Å². The Bertz CT molecular complexity index is 687. The Hall–Kier alpha value is -2.15. The number of aromatic nitrogens is 2. The van der Waals surface area contributed by atoms with Gasteiger partial charge in [-0.25, -0.2) is 14.8 Å². The van der Waals surface area contributed by atoms with Gasteiger partial charge in [-0.1, -0.05) is 34.1 Å². The molecule has 2 amide bonds. The molecule has 0 unspecified atom stereocenters. The summed E-state index contributed by atoms with van der Waals surface area (Å²) in [4.78, 5) is 21.9. The van der Waals surface area contributed by atoms with Crippen molar-refractivity contribution in [3.63, 3.8) is 0 Å². The van der Waals surface area contributed by atoms with Gasteiger partial charge in [-0.15, -0.1) is 0 Å². The number of anilines is 1. The molecule has 0 bridgehead atoms. The minimum absolute atomic E-state index is 0.168. The van der Waals surface area contributed by atoms with Gasteiger partial charge in [0.2, 0.25) is 5.95 Å². The van der Waals surface area contributed by atoms with Gasteiger partial charge in [-0.2, -0.15) is 0 Å². The summed E-state index contributed by atoms with van der Waals surface area (Å²) >= 11 is 3.56. The van der Waals surface area contributed by atoms with Crippen LogP contribution in [0.3, 0.4) is 0 Å². The van der Waals surface area contributed by atoms with E-state index < -0.39 is 0 Å². The number of hydrogen-bond donors (Lipinski definition) is 1. The summed E-state index contributed by atoms with van der Waals surface area (Å²) in [6.07, 6.45) is 4.01. The van der Waals surface area contributed by atoms with E-state index in [1.54, 1.807) is 12.0 Å². The number of hydrogen-bond acceptors (Lipinski definition) is 4. The molecule has 23 heavy (non-hydrogen) atoms. The lowest BCUT2D eigenvalue weighted by Crippen LogP contribution is -2.52. The number of carbonyl (C=O) groups is 1. The Morgan fingerprint density at radius 3 is 2.70 bits per heavy atom. The number of rotatable bonds is 4. The molecule has 1 fully saturated rings. The Morgan fingerprint density at radius 1 is 1.35 bits per heavy atom. The molecule has 0 saturated carbocycles. The third-order valence-electron chi connectivity index (χ3n) is 3.79. The van der Waals surface area contributed by atoms with Crippen molar-refractivity contribution in [3.8, 4) is 5.75 Å². The molecule has 6 nitrogen and oxygen atoms in total. The summed E-state index contributed by atoms with van der Waals surface area (Å²) in [6, 6.07) is 8.02. The molecule has 1 aliphatic rings. The predicted molar refractivity (Wildman–Crippen MR) is 90.5 cm³/mol. The Balaban J connectivity index is 1.48. The van der Waals surface area contributed by atoms with Crippen LogP contribution in [0.4, 0.5) is 10.7 Å². The van der Waals surface area contributed by atoms with Gasteiger partial charge in [-0.3, -0.25) is 5.32 Å². The second-order valence-corrected chi connectivity index (χ2v) is 6.30. The first-order valence-electron chi connectivity index (χ1n) is 7.31. The van der Waals surface area contributed by atoms with Crippen LogP contribution in [-0.2, 0) is 6.42 Å². The van der Waals surface area contributed by atoms with E-state index in [1.165, 1.54) is 18.0 Å². The van der Waals surface area contributed by atoms with Crippen LogP contribution in [0.2, 0.25) is 0 Å². The minimum Gasteiger partial charge on any atom is -0.494 e. The molecular weight excluding hydrogens is 360 g/mol. The van der Waals surface area contributed by atoms with Crippen LogP contribution >= 0.6 is 15.9 Å². The maximum atomic E-state index is 12.1. The maximum Gasteiger partial charge on any atom is 0.324 e. The fourth-order valence-corrected chi connectivity index (χ4v) is 2.95. The third-order valence-corrected chi connectivity index (χ3v) is 4.57. The second kappa shape index (κ2) is 6.95. The van der Waals surface area contributed by atoms with E-state index in [0.29, 0.717) is 11.7 Å². The van der Waals surface area contributed by atoms with E-state index in [2.05, 4.69) is 37.3 Å². The van der Waals surface area contributed by atoms with Crippen LogP contribution in [0.5, 0.6) is 5.75 Å². The molecule has 1 N–H and O–H groups in total. The average Bonchev–Trinajstić information content (AvgIpc) is 2.52. The molecule has 1 aliphatic heterocycles. The van der Waals surface area contributed by atoms with Crippen molar-refractivity contribution < 1.29 is 9.53 Å². The lowest BCUT2D eigenvalue weighted by Gasteiger charge is -2.39. The molecule has 1 aromatic carbocycles. The normalized spacial score (nSPS) is 14.3. The monoisotopic (exact) mass is 376 g/mol. The molecule has 0 atom stereocenters. The summed E-state index contributed by atoms with van der Waals surface area (Å²) in [7, 11) is 1.54. The van der Waals surface area contributed by atoms with Gasteiger partial charge in [0.05, 0.1) is 19.5 Å². The van der Waals surface area contributed by atoms with Crippen molar-refractivity contribution >= 4 is 27.9 Å². The highest BCUT2D eigenvalue weighted by molar-refractivity contribution is 9.10. The van der Waals surface area contributed by atoms with Crippen molar-refractivity contribution in [1.82, 2.24) is 14.9 Å². The number of carbonyl (C=O) groups excluding carboxylic acids is 1. The van der Waals surface area contributed by atoms with Crippen molar-refractivity contribution in [2.45, 2.75) is 6.42 Å². The molecule has 0 aliphatic carbocycles. The molecule has 1 saturated heterocycles. The summed E-state index contributed by atoms with van der Waals surface area (Å²) in [6.45, 7) is 1.48. The molecule has 3 rings (SSSR count). The number of methoxy groups -OCH3 is 1. The zero-order valence-corrected chi connectivity index (χ0v) is 14.3. The van der Waals surface area contributed by atoms with Crippen LogP contribution < -0.4 is 10.1 Å². The van der Waals surface area contributed by atoms with Crippen LogP contribution in [0.15, 0.2) is 41.1 Å². The molecule has 7 heteroatoms. The number of likely N-dealkylation sites (tertiary alicyclic amines) is 1. The number of urea groups is 1. The number of nitrogens with zero attached hydrogens (tertiary/aromatic N) is 3. The van der Waals surface area contributed by atoms with E-state index in [0.717, 1.165) is 24.0 Å². The Kier molecular flexibility index (Phi) is 4.76. The number of amides is 2. The van der Waals surface area contributed by atoms with E-state index >= 15 is 0 Å². The highest BCUT2D eigenvalue weighted by Gasteiger charge is 2.31. The topological polar surface area (TPSA) is 67.3 Å². The molecule has 120 valence electrons. The molecule has 2 aromatic rings. The van der Waals surface area contributed by atoms with Crippen LogP contribution in [0.25, 0.3) is 0 Å². The number of ether oxygens (including phenoxy) is 1. The highest BCUT2D eigenvalue weighted by Crippen LogP contribution is 2.25. The average molecular weight is 377 g/mol. The van der Waals surface area contributed by atoms with Crippen LogP contribution in [0, 0.1) is 5.92 Å². The standard InChI is InChI=1S/C16H17BrN4O2/c1-23-13-7-18-15(19-8-13)20-16(22)21-9-11(10-21)6-12-4-2-3-5-14(12)17/h2-5,7-8,11H,6,9-10H2,1H3,(H,18,19,20,22). The van der Waals surface area contributed by atoms with Gasteiger partial charge in [0.1, 0.15) is 0 Å². The zero-order chi connectivity index (χ0) is 16.2. The smallest absolute Gasteiger partial charge is 0.324 e. The third kappa shape index (κ3) is 3.79. The van der Waals surface area contributed by atoms with E-state index in [1.807, 2.05) is 18.2 Å². The lowest BCUT2D eigenvalue weighted by molar-refractivity contribution is 0.131. The zero-order valence-electron chi connectivity index (χ0n) is 12.7. The van der Waals surface area contributed by atoms with E-state index in [4.69, 9.17) is 4.74 Å². The first kappa shape index (κ1) is 15.7. The van der Waals surface area contributed by atoms with Gasteiger partial charge in [-0.05, 0) is 24.0 Å². The first-order valence-corrected chi connectivity index (χ1v) is 8.10. The molecular formula is C16H17BrN4O2. The largest absolute Gasteiger partial charge is 0.494 e. The van der Waals surface area contributed by atoms with Crippen molar-refractivity contribution in [2.75, 3.05) is 25.5 Å². The summed E-state index contributed by atoms with van der Waals surface area (Å²) in [5.74, 6) is 1.32. The summed E-state index contributed by atoms with van der Waals surface area (Å²) < 4.78 is 6.10. The molecule has 1 aromatic heterocycles. The fourth-order valence-electron chi connectivity index (χ4n) is 2.50. The van der Waals surface area contributed by atoms with Crippen LogP contribution in [-0.4, -0.2) is 41.1 Å². The second-order valence-electron chi connectivity index (χ2n) is 5.44. The summed E-state index contributed by atoms with van der Waals surface area (Å²) in [5, 5.41) is 2.69. The van der Waals surface area contributed by atoms with E-state index in [-0.39, 0.29) is 12.0 Å². The molecule has 0 radical (unpaired) electrons. The highest BCUT2D eigenvalue weighted by atomic mass is 79.9. The van der Waals surface area contributed by atoms with Gasteiger partial charge in [0.15, 0.2) is 5.75 Å². The van der Waals surface area contributed by atoms with Crippen molar-refractivity contribution in [1.29, 1.82) is 0 Å². The predicted octanol–water partition coefficient (Wildman–Crippen LogP) is 2.95. The van der Waals surface area contributed by atoms with E-state index in [9.17, 15) is 4.79 Å². The van der Waals surface area contributed by atoms with Crippen molar-refractivity contribution in [3.05, 3.63) is 46.7 Å². The van der Waals surface area contributed by atoms with Gasteiger partial charge >= 0.3 is 6.03 Å². The number of benzene rings is 1. The SMILES string of the molecule is COc1cnc(NC(=O)N2CC(Cc3ccccc3Br)C2)nc1. The first-order chi connectivity index (χ1) is 11.2. The Labute approximate surface area is 143 Å². The Morgan fingerprint density at radius 2 is 2.04 bits per heavy atom. The maximum absolute atomic E-state index is 12.1.